The Morgan fingerprint density at radius 2 is 1.72 bits per heavy atom. The molecule has 2 aromatic rings. The summed E-state index contributed by atoms with van der Waals surface area (Å²) in [7, 11) is 0. The van der Waals surface area contributed by atoms with Crippen molar-refractivity contribution in [3.05, 3.63) is 62.7 Å². The van der Waals surface area contributed by atoms with Gasteiger partial charge >= 0.3 is 0 Å². The standard InChI is InChI=1S/C15H14INO/c1-10-3-4-11(2)14(9-10)15(18)17-13-7-5-12(16)6-8-13/h3-9H,1-2H3,(H,17,18). The van der Waals surface area contributed by atoms with Crippen LogP contribution in [0.25, 0.3) is 0 Å². The van der Waals surface area contributed by atoms with E-state index in [1.165, 1.54) is 0 Å². The highest BCUT2D eigenvalue weighted by atomic mass is 127. The van der Waals surface area contributed by atoms with Gasteiger partial charge in [-0.1, -0.05) is 17.7 Å². The molecular weight excluding hydrogens is 337 g/mol. The molecule has 0 spiro atoms. The molecule has 0 saturated carbocycles. The molecule has 2 rings (SSSR count). The molecular formula is C15H14INO. The quantitative estimate of drug-likeness (QED) is 0.809. The third-order valence-corrected chi connectivity index (χ3v) is 3.46. The summed E-state index contributed by atoms with van der Waals surface area (Å²) in [5, 5.41) is 2.91. The Hall–Kier alpha value is -1.36. The van der Waals surface area contributed by atoms with Crippen molar-refractivity contribution in [3.63, 3.8) is 0 Å². The number of carbonyl (C=O) groups is 1. The first kappa shape index (κ1) is 13.1. The molecule has 2 nitrogen and oxygen atoms in total. The SMILES string of the molecule is Cc1ccc(C)c(C(=O)Nc2ccc(I)cc2)c1. The molecule has 0 unspecified atom stereocenters. The molecule has 0 heterocycles. The molecule has 0 atom stereocenters. The van der Waals surface area contributed by atoms with Crippen LogP contribution in [0.1, 0.15) is 21.5 Å². The second kappa shape index (κ2) is 5.52. The van der Waals surface area contributed by atoms with Gasteiger partial charge in [-0.05, 0) is 72.3 Å². The summed E-state index contributed by atoms with van der Waals surface area (Å²) in [6, 6.07) is 13.7. The first-order chi connectivity index (χ1) is 8.56. The molecule has 1 N–H and O–H groups in total. The molecule has 2 aromatic carbocycles. The summed E-state index contributed by atoms with van der Waals surface area (Å²) >= 11 is 2.24. The van der Waals surface area contributed by atoms with Gasteiger partial charge in [-0.15, -0.1) is 0 Å². The van der Waals surface area contributed by atoms with Gasteiger partial charge in [-0.25, -0.2) is 0 Å². The zero-order valence-corrected chi connectivity index (χ0v) is 12.5. The van der Waals surface area contributed by atoms with Crippen LogP contribution in [-0.4, -0.2) is 5.91 Å². The van der Waals surface area contributed by atoms with Crippen molar-refractivity contribution in [2.75, 3.05) is 5.32 Å². The lowest BCUT2D eigenvalue weighted by molar-refractivity contribution is 0.102. The molecule has 0 aromatic heterocycles. The third kappa shape index (κ3) is 3.10. The number of anilines is 1. The molecule has 0 aliphatic carbocycles. The minimum Gasteiger partial charge on any atom is -0.322 e. The zero-order chi connectivity index (χ0) is 13.1. The number of rotatable bonds is 2. The first-order valence-electron chi connectivity index (χ1n) is 5.70. The lowest BCUT2D eigenvalue weighted by Crippen LogP contribution is -2.13. The molecule has 0 fully saturated rings. The highest BCUT2D eigenvalue weighted by Gasteiger charge is 2.09. The van der Waals surface area contributed by atoms with Crippen molar-refractivity contribution in [3.8, 4) is 0 Å². The second-order valence-corrected chi connectivity index (χ2v) is 5.53. The number of hydrogen-bond donors (Lipinski definition) is 1. The Balaban J connectivity index is 2.21. The fraction of sp³-hybridized carbons (Fsp3) is 0.133. The summed E-state index contributed by atoms with van der Waals surface area (Å²) in [5.74, 6) is -0.0580. The van der Waals surface area contributed by atoms with E-state index in [-0.39, 0.29) is 5.91 Å². The van der Waals surface area contributed by atoms with E-state index in [0.29, 0.717) is 0 Å². The Morgan fingerprint density at radius 3 is 2.39 bits per heavy atom. The molecule has 0 saturated heterocycles. The zero-order valence-electron chi connectivity index (χ0n) is 10.3. The van der Waals surface area contributed by atoms with Crippen molar-refractivity contribution in [2.45, 2.75) is 13.8 Å². The molecule has 0 aliphatic rings. The van der Waals surface area contributed by atoms with Crippen molar-refractivity contribution in [1.82, 2.24) is 0 Å². The number of halogens is 1. The smallest absolute Gasteiger partial charge is 0.255 e. The lowest BCUT2D eigenvalue weighted by atomic mass is 10.1. The lowest BCUT2D eigenvalue weighted by Gasteiger charge is -2.08. The summed E-state index contributed by atoms with van der Waals surface area (Å²) in [4.78, 5) is 12.2. The molecule has 0 radical (unpaired) electrons. The van der Waals surface area contributed by atoms with Crippen LogP contribution < -0.4 is 5.32 Å². The van der Waals surface area contributed by atoms with Crippen molar-refractivity contribution < 1.29 is 4.79 Å². The van der Waals surface area contributed by atoms with Crippen LogP contribution in [0, 0.1) is 17.4 Å². The van der Waals surface area contributed by atoms with Crippen LogP contribution in [0.5, 0.6) is 0 Å². The molecule has 0 aliphatic heterocycles. The van der Waals surface area contributed by atoms with E-state index in [2.05, 4.69) is 27.9 Å². The van der Waals surface area contributed by atoms with Gasteiger partial charge in [0.05, 0.1) is 0 Å². The normalized spacial score (nSPS) is 10.2. The molecule has 3 heteroatoms. The van der Waals surface area contributed by atoms with Crippen LogP contribution in [0.2, 0.25) is 0 Å². The number of aryl methyl sites for hydroxylation is 2. The van der Waals surface area contributed by atoms with Crippen LogP contribution in [0.3, 0.4) is 0 Å². The number of nitrogens with one attached hydrogen (secondary N) is 1. The predicted octanol–water partition coefficient (Wildman–Crippen LogP) is 4.16. The summed E-state index contributed by atoms with van der Waals surface area (Å²) in [6.45, 7) is 3.93. The largest absolute Gasteiger partial charge is 0.322 e. The van der Waals surface area contributed by atoms with Gasteiger partial charge in [0.25, 0.3) is 5.91 Å². The van der Waals surface area contributed by atoms with E-state index in [4.69, 9.17) is 0 Å². The molecule has 1 amide bonds. The van der Waals surface area contributed by atoms with E-state index in [1.54, 1.807) is 0 Å². The van der Waals surface area contributed by atoms with Gasteiger partial charge in [-0.2, -0.15) is 0 Å². The van der Waals surface area contributed by atoms with Crippen molar-refractivity contribution >= 4 is 34.2 Å². The highest BCUT2D eigenvalue weighted by molar-refractivity contribution is 14.1. The first-order valence-corrected chi connectivity index (χ1v) is 6.78. The Morgan fingerprint density at radius 1 is 1.06 bits per heavy atom. The van der Waals surface area contributed by atoms with Gasteiger partial charge in [0, 0.05) is 14.8 Å². The van der Waals surface area contributed by atoms with E-state index >= 15 is 0 Å². The van der Waals surface area contributed by atoms with Crippen LogP contribution in [-0.2, 0) is 0 Å². The summed E-state index contributed by atoms with van der Waals surface area (Å²) in [6.07, 6.45) is 0. The molecule has 92 valence electrons. The van der Waals surface area contributed by atoms with E-state index in [0.717, 1.165) is 25.9 Å². The third-order valence-electron chi connectivity index (χ3n) is 2.74. The fourth-order valence-corrected chi connectivity index (χ4v) is 2.07. The fourth-order valence-electron chi connectivity index (χ4n) is 1.71. The maximum absolute atomic E-state index is 12.2. The second-order valence-electron chi connectivity index (χ2n) is 4.28. The van der Waals surface area contributed by atoms with Gasteiger partial charge in [0.15, 0.2) is 0 Å². The average molecular weight is 351 g/mol. The molecule has 18 heavy (non-hydrogen) atoms. The van der Waals surface area contributed by atoms with Crippen LogP contribution in [0.15, 0.2) is 42.5 Å². The maximum atomic E-state index is 12.2. The monoisotopic (exact) mass is 351 g/mol. The van der Waals surface area contributed by atoms with Crippen molar-refractivity contribution in [2.24, 2.45) is 0 Å². The maximum Gasteiger partial charge on any atom is 0.255 e. The minimum absolute atomic E-state index is 0.0580. The van der Waals surface area contributed by atoms with Crippen LogP contribution >= 0.6 is 22.6 Å². The molecule has 0 bridgehead atoms. The van der Waals surface area contributed by atoms with Gasteiger partial charge in [0.2, 0.25) is 0 Å². The van der Waals surface area contributed by atoms with E-state index in [1.807, 2.05) is 56.3 Å². The van der Waals surface area contributed by atoms with Gasteiger partial charge in [-0.3, -0.25) is 4.79 Å². The van der Waals surface area contributed by atoms with Gasteiger partial charge in [0.1, 0.15) is 0 Å². The minimum atomic E-state index is -0.0580. The number of hydrogen-bond acceptors (Lipinski definition) is 1. The Bertz CT molecular complexity index is 576. The van der Waals surface area contributed by atoms with Crippen LogP contribution in [0.4, 0.5) is 5.69 Å². The topological polar surface area (TPSA) is 29.1 Å². The van der Waals surface area contributed by atoms with Gasteiger partial charge < -0.3 is 5.32 Å². The summed E-state index contributed by atoms with van der Waals surface area (Å²) in [5.41, 5.74) is 3.63. The van der Waals surface area contributed by atoms with E-state index in [9.17, 15) is 4.79 Å². The Kier molecular flexibility index (Phi) is 4.01. The summed E-state index contributed by atoms with van der Waals surface area (Å²) < 4.78 is 1.15. The number of carbonyl (C=O) groups excluding carboxylic acids is 1. The van der Waals surface area contributed by atoms with Crippen molar-refractivity contribution in [1.29, 1.82) is 0 Å². The number of amides is 1. The van der Waals surface area contributed by atoms with E-state index < -0.39 is 0 Å². The highest BCUT2D eigenvalue weighted by Crippen LogP contribution is 2.15. The number of benzene rings is 2. The predicted molar refractivity (Wildman–Crippen MR) is 83.0 cm³/mol. The average Bonchev–Trinajstić information content (AvgIpc) is 2.35. The Labute approximate surface area is 121 Å².